The summed E-state index contributed by atoms with van der Waals surface area (Å²) in [5.41, 5.74) is 8.26. The van der Waals surface area contributed by atoms with Gasteiger partial charge in [-0.1, -0.05) is 170 Å². The van der Waals surface area contributed by atoms with E-state index in [-0.39, 0.29) is 34.0 Å². The molecule has 0 saturated heterocycles. The number of allylic oxidation sites excluding steroid dienone is 6. The summed E-state index contributed by atoms with van der Waals surface area (Å²) >= 11 is 0. The Morgan fingerprint density at radius 1 is 0.397 bits per heavy atom. The first-order valence-corrected chi connectivity index (χ1v) is 25.2. The maximum Gasteiger partial charge on any atom is 0.259 e. The van der Waals surface area contributed by atoms with Crippen molar-refractivity contribution in [2.45, 2.75) is 0 Å². The van der Waals surface area contributed by atoms with Crippen LogP contribution < -0.4 is 10.6 Å². The maximum absolute atomic E-state index is 13.6. The quantitative estimate of drug-likeness (QED) is 0.0497. The number of carbonyl (C=O) groups excluding carboxylic acids is 2. The van der Waals surface area contributed by atoms with Crippen LogP contribution in [0.2, 0.25) is 0 Å². The van der Waals surface area contributed by atoms with Crippen molar-refractivity contribution in [2.24, 2.45) is 20.5 Å². The van der Waals surface area contributed by atoms with Crippen molar-refractivity contribution in [2.75, 3.05) is 10.6 Å². The number of carbonyl (C=O) groups is 2. The van der Waals surface area contributed by atoms with E-state index in [0.717, 1.165) is 65.5 Å². The number of para-hydroxylation sites is 4. The van der Waals surface area contributed by atoms with Crippen LogP contribution in [-0.4, -0.2) is 32.0 Å². The van der Waals surface area contributed by atoms with Crippen LogP contribution in [0, 0.1) is 0 Å². The molecule has 12 nitrogen and oxygen atoms in total. The van der Waals surface area contributed by atoms with Crippen molar-refractivity contribution in [3.8, 4) is 11.5 Å². The number of azo groups is 2. The number of anilines is 2. The first kappa shape index (κ1) is 48.0. The van der Waals surface area contributed by atoms with Crippen LogP contribution in [0.25, 0.3) is 77.3 Å². The number of phenolic OH excluding ortho intramolecular Hbond substituents is 2. The predicted octanol–water partition coefficient (Wildman–Crippen LogP) is 17.8. The van der Waals surface area contributed by atoms with Gasteiger partial charge in [-0.05, 0) is 94.7 Å². The Hall–Kier alpha value is -11.0. The number of amides is 2. The number of hydrogen-bond donors (Lipinski definition) is 6. The summed E-state index contributed by atoms with van der Waals surface area (Å²) in [6.07, 6.45) is 15.6. The van der Waals surface area contributed by atoms with Crippen molar-refractivity contribution in [3.63, 3.8) is 0 Å². The van der Waals surface area contributed by atoms with Crippen LogP contribution in [0.4, 0.5) is 34.1 Å². The molecule has 6 N–H and O–H groups in total. The van der Waals surface area contributed by atoms with Gasteiger partial charge in [-0.25, -0.2) is 0 Å². The summed E-state index contributed by atoms with van der Waals surface area (Å²) in [5, 5.41) is 54.3. The Bertz CT molecular complexity index is 4190. The molecular formula is C66H46N8O4. The van der Waals surface area contributed by atoms with Gasteiger partial charge in [0.15, 0.2) is 11.5 Å². The Morgan fingerprint density at radius 2 is 0.782 bits per heavy atom. The zero-order chi connectivity index (χ0) is 53.0. The fourth-order valence-electron chi connectivity index (χ4n) is 9.65. The monoisotopic (exact) mass is 1010 g/mol. The molecule has 2 aromatic heterocycles. The minimum Gasteiger partial charge on any atom is -0.505 e. The van der Waals surface area contributed by atoms with Gasteiger partial charge < -0.3 is 30.8 Å². The molecule has 12 aromatic rings. The number of nitrogens with zero attached hydrogens (tertiary/aromatic N) is 4. The highest BCUT2D eigenvalue weighted by atomic mass is 16.3. The Balaban J connectivity index is 0.715. The minimum absolute atomic E-state index is 0.0832. The lowest BCUT2D eigenvalue weighted by Gasteiger charge is -2.12. The molecule has 0 unspecified atom stereocenters. The molecule has 2 heterocycles. The predicted molar refractivity (Wildman–Crippen MR) is 316 cm³/mol. The van der Waals surface area contributed by atoms with E-state index in [1.165, 1.54) is 0 Å². The van der Waals surface area contributed by atoms with Gasteiger partial charge in [0.1, 0.15) is 11.4 Å². The number of phenols is 2. The fraction of sp³-hybridized carbons (Fsp3) is 0. The van der Waals surface area contributed by atoms with Gasteiger partial charge in [0.2, 0.25) is 0 Å². The summed E-state index contributed by atoms with van der Waals surface area (Å²) in [6, 6.07) is 60.6. The van der Waals surface area contributed by atoms with Crippen molar-refractivity contribution in [1.29, 1.82) is 0 Å². The average Bonchev–Trinajstić information content (AvgIpc) is 4.09. The normalized spacial score (nSPS) is 12.3. The second-order valence-electron chi connectivity index (χ2n) is 18.5. The molecule has 0 fully saturated rings. The molecule has 0 atom stereocenters. The average molecular weight is 1020 g/mol. The SMILES string of the molecule is O=C(Nc1ccccc1)c1cc2ccc3c4ccccc4[nH]c3c2c(N=Nc2ccc(/C=C/C=C/C=C/C=C/c3ccc(N=Nc4c(O)c(C(=O)Nc5ccccc5)cc5ccc6c7ccccc7[nH]c6c45)cc3)cc2)c1O. The summed E-state index contributed by atoms with van der Waals surface area (Å²) in [5.74, 6) is -1.47. The molecule has 0 aliphatic rings. The number of aromatic amines is 2. The summed E-state index contributed by atoms with van der Waals surface area (Å²) < 4.78 is 0. The lowest BCUT2D eigenvalue weighted by atomic mass is 10.00. The summed E-state index contributed by atoms with van der Waals surface area (Å²) in [6.45, 7) is 0. The second kappa shape index (κ2) is 21.1. The summed E-state index contributed by atoms with van der Waals surface area (Å²) in [7, 11) is 0. The highest BCUT2D eigenvalue weighted by Gasteiger charge is 2.23. The molecule has 78 heavy (non-hydrogen) atoms. The third-order valence-electron chi connectivity index (χ3n) is 13.5. The van der Waals surface area contributed by atoms with Crippen molar-refractivity contribution in [1.82, 2.24) is 9.97 Å². The Labute approximate surface area is 446 Å². The largest absolute Gasteiger partial charge is 0.505 e. The molecule has 0 bridgehead atoms. The van der Waals surface area contributed by atoms with E-state index in [2.05, 4.69) is 41.1 Å². The fourth-order valence-corrected chi connectivity index (χ4v) is 9.65. The molecule has 0 radical (unpaired) electrons. The van der Waals surface area contributed by atoms with Gasteiger partial charge in [0, 0.05) is 54.7 Å². The summed E-state index contributed by atoms with van der Waals surface area (Å²) in [4.78, 5) is 34.1. The van der Waals surface area contributed by atoms with E-state index >= 15 is 0 Å². The first-order chi connectivity index (χ1) is 38.3. The molecule has 0 aliphatic heterocycles. The van der Waals surface area contributed by atoms with E-state index in [0.29, 0.717) is 33.5 Å². The van der Waals surface area contributed by atoms with Crippen LogP contribution in [0.1, 0.15) is 31.8 Å². The minimum atomic E-state index is -0.464. The van der Waals surface area contributed by atoms with Gasteiger partial charge in [-0.3, -0.25) is 9.59 Å². The standard InChI is InChI=1S/C66H46N8O4/c75-63-53(65(77)67-45-19-9-5-10-20-45)39-43-31-37-51-49-23-13-15-25-55(49)69-59(51)57(43)61(63)73-71-47-33-27-41(28-34-47)17-7-3-1-2-4-8-18-42-29-35-48(36-30-42)72-74-62-58-44(32-38-52-50-24-14-16-26-56(50)70-60(52)58)40-54(64(62)76)66(78)68-46-21-11-6-12-22-46/h1-40,69-70,75-76H,(H,67,77)(H,68,78)/b3-1+,4-2+,17-7+,18-8+,73-71?,74-72?. The van der Waals surface area contributed by atoms with Crippen LogP contribution in [0.15, 0.2) is 251 Å². The number of benzene rings is 10. The third kappa shape index (κ3) is 9.67. The Kier molecular flexibility index (Phi) is 13.0. The zero-order valence-corrected chi connectivity index (χ0v) is 41.6. The van der Waals surface area contributed by atoms with E-state index in [9.17, 15) is 19.8 Å². The third-order valence-corrected chi connectivity index (χ3v) is 13.5. The highest BCUT2D eigenvalue weighted by Crippen LogP contribution is 2.46. The smallest absolute Gasteiger partial charge is 0.259 e. The molecule has 12 rings (SSSR count). The van der Waals surface area contributed by atoms with Crippen molar-refractivity contribution >= 4 is 123 Å². The van der Waals surface area contributed by atoms with Crippen LogP contribution in [-0.2, 0) is 0 Å². The van der Waals surface area contributed by atoms with E-state index in [1.807, 2.05) is 206 Å². The molecular weight excluding hydrogens is 969 g/mol. The van der Waals surface area contributed by atoms with Gasteiger partial charge in [0.05, 0.1) is 33.5 Å². The van der Waals surface area contributed by atoms with Crippen LogP contribution in [0.3, 0.4) is 0 Å². The van der Waals surface area contributed by atoms with Crippen molar-refractivity contribution in [3.05, 3.63) is 253 Å². The number of hydrogen-bond acceptors (Lipinski definition) is 8. The lowest BCUT2D eigenvalue weighted by molar-refractivity contribution is 0.101. The molecule has 10 aromatic carbocycles. The molecule has 0 spiro atoms. The molecule has 0 saturated carbocycles. The lowest BCUT2D eigenvalue weighted by Crippen LogP contribution is -2.12. The van der Waals surface area contributed by atoms with Gasteiger partial charge in [0.25, 0.3) is 11.8 Å². The number of rotatable bonds is 13. The first-order valence-electron chi connectivity index (χ1n) is 25.2. The number of aromatic hydroxyl groups is 2. The number of aromatic nitrogens is 2. The zero-order valence-electron chi connectivity index (χ0n) is 41.6. The topological polar surface area (TPSA) is 180 Å². The van der Waals surface area contributed by atoms with E-state index in [1.54, 1.807) is 36.4 Å². The van der Waals surface area contributed by atoms with E-state index < -0.39 is 11.8 Å². The van der Waals surface area contributed by atoms with Gasteiger partial charge >= 0.3 is 0 Å². The maximum atomic E-state index is 13.6. The molecule has 0 aliphatic carbocycles. The molecule has 2 amide bonds. The highest BCUT2D eigenvalue weighted by molar-refractivity contribution is 6.24. The number of H-pyrrole nitrogens is 2. The van der Waals surface area contributed by atoms with Crippen molar-refractivity contribution < 1.29 is 19.8 Å². The van der Waals surface area contributed by atoms with Crippen LogP contribution >= 0.6 is 0 Å². The van der Waals surface area contributed by atoms with Gasteiger partial charge in [-0.2, -0.15) is 10.2 Å². The molecule has 374 valence electrons. The van der Waals surface area contributed by atoms with Crippen LogP contribution in [0.5, 0.6) is 11.5 Å². The molecule has 12 heteroatoms. The number of nitrogens with one attached hydrogen (secondary N) is 4. The van der Waals surface area contributed by atoms with Gasteiger partial charge in [-0.15, -0.1) is 10.2 Å². The number of fused-ring (bicyclic) bond motifs is 10. The second-order valence-corrected chi connectivity index (χ2v) is 18.5. The Morgan fingerprint density at radius 3 is 1.21 bits per heavy atom. The van der Waals surface area contributed by atoms with E-state index in [4.69, 9.17) is 0 Å².